The van der Waals surface area contributed by atoms with Crippen LogP contribution in [-0.2, 0) is 0 Å². The van der Waals surface area contributed by atoms with Crippen molar-refractivity contribution in [3.05, 3.63) is 34.6 Å². The van der Waals surface area contributed by atoms with Gasteiger partial charge in [-0.25, -0.2) is 4.68 Å². The normalized spacial score (nSPS) is 12.4. The van der Waals surface area contributed by atoms with Gasteiger partial charge in [0.25, 0.3) is 0 Å². The number of hydrogen-bond acceptors (Lipinski definition) is 4. The summed E-state index contributed by atoms with van der Waals surface area (Å²) in [5.74, 6) is 0.771. The largest absolute Gasteiger partial charge is 0.497 e. The van der Waals surface area contributed by atoms with E-state index < -0.39 is 0 Å². The Kier molecular flexibility index (Phi) is 4.55. The number of rotatable bonds is 5. The third-order valence-electron chi connectivity index (χ3n) is 2.89. The van der Waals surface area contributed by atoms with Gasteiger partial charge in [-0.05, 0) is 34.5 Å². The smallest absolute Gasteiger partial charge is 0.121 e. The molecule has 0 aliphatic heterocycles. The number of nitrogens with zero attached hydrogens (tertiary/aromatic N) is 3. The first kappa shape index (κ1) is 14.0. The molecule has 2 aromatic rings. The average Bonchev–Trinajstić information content (AvgIpc) is 2.89. The Hall–Kier alpha value is -1.40. The zero-order chi connectivity index (χ0) is 13.8. The molecule has 0 radical (unpaired) electrons. The summed E-state index contributed by atoms with van der Waals surface area (Å²) in [4.78, 5) is 0. The molecule has 0 aliphatic rings. The summed E-state index contributed by atoms with van der Waals surface area (Å²) in [5.41, 5.74) is 7.72. The predicted octanol–water partition coefficient (Wildman–Crippen LogP) is 2.84. The van der Waals surface area contributed by atoms with E-state index in [0.29, 0.717) is 0 Å². The minimum Gasteiger partial charge on any atom is -0.497 e. The van der Waals surface area contributed by atoms with E-state index >= 15 is 0 Å². The standard InChI is InChI=1S/C13H17BrN4O/c1-3-4-11(15)12-8-18(17-16-12)13-7-9(19-2)5-6-10(13)14/h5-8,11H,3-4,15H2,1-2H3. The number of aromatic nitrogens is 3. The first-order chi connectivity index (χ1) is 9.15. The minimum atomic E-state index is -0.0665. The molecule has 1 unspecified atom stereocenters. The zero-order valence-electron chi connectivity index (χ0n) is 11.0. The van der Waals surface area contributed by atoms with Crippen molar-refractivity contribution in [2.45, 2.75) is 25.8 Å². The Labute approximate surface area is 120 Å². The Morgan fingerprint density at radius 1 is 1.47 bits per heavy atom. The highest BCUT2D eigenvalue weighted by atomic mass is 79.9. The summed E-state index contributed by atoms with van der Waals surface area (Å²) in [6, 6.07) is 5.63. The molecule has 0 saturated carbocycles. The maximum Gasteiger partial charge on any atom is 0.121 e. The van der Waals surface area contributed by atoms with Crippen molar-refractivity contribution < 1.29 is 4.74 Å². The molecule has 1 aromatic heterocycles. The van der Waals surface area contributed by atoms with E-state index in [0.717, 1.165) is 34.4 Å². The molecule has 0 aliphatic carbocycles. The van der Waals surface area contributed by atoms with Gasteiger partial charge in [0, 0.05) is 10.5 Å². The van der Waals surface area contributed by atoms with Crippen LogP contribution in [0.25, 0.3) is 5.69 Å². The van der Waals surface area contributed by atoms with Crippen LogP contribution in [0, 0.1) is 0 Å². The van der Waals surface area contributed by atoms with Gasteiger partial charge in [-0.2, -0.15) is 0 Å². The number of halogens is 1. The van der Waals surface area contributed by atoms with Gasteiger partial charge in [0.15, 0.2) is 0 Å². The predicted molar refractivity (Wildman–Crippen MR) is 77.4 cm³/mol. The van der Waals surface area contributed by atoms with Crippen LogP contribution in [0.1, 0.15) is 31.5 Å². The van der Waals surface area contributed by atoms with Crippen molar-refractivity contribution in [2.24, 2.45) is 5.73 Å². The summed E-state index contributed by atoms with van der Waals surface area (Å²) in [5, 5.41) is 8.26. The zero-order valence-corrected chi connectivity index (χ0v) is 12.6. The molecular formula is C13H17BrN4O. The first-order valence-electron chi connectivity index (χ1n) is 6.17. The van der Waals surface area contributed by atoms with Crippen molar-refractivity contribution in [2.75, 3.05) is 7.11 Å². The van der Waals surface area contributed by atoms with Gasteiger partial charge in [0.1, 0.15) is 5.75 Å². The number of methoxy groups -OCH3 is 1. The number of nitrogens with two attached hydrogens (primary N) is 1. The maximum absolute atomic E-state index is 6.04. The lowest BCUT2D eigenvalue weighted by Crippen LogP contribution is -2.10. The Balaban J connectivity index is 2.32. The van der Waals surface area contributed by atoms with E-state index in [1.165, 1.54) is 0 Å². The van der Waals surface area contributed by atoms with Gasteiger partial charge >= 0.3 is 0 Å². The molecule has 0 spiro atoms. The molecule has 0 fully saturated rings. The lowest BCUT2D eigenvalue weighted by Gasteiger charge is -2.07. The van der Waals surface area contributed by atoms with Crippen LogP contribution in [0.5, 0.6) is 5.75 Å². The van der Waals surface area contributed by atoms with Gasteiger partial charge in [-0.1, -0.05) is 18.6 Å². The van der Waals surface area contributed by atoms with Crippen molar-refractivity contribution >= 4 is 15.9 Å². The fourth-order valence-corrected chi connectivity index (χ4v) is 2.25. The van der Waals surface area contributed by atoms with Gasteiger partial charge in [-0.3, -0.25) is 0 Å². The van der Waals surface area contributed by atoms with Gasteiger partial charge in [0.2, 0.25) is 0 Å². The van der Waals surface area contributed by atoms with Crippen molar-refractivity contribution in [3.8, 4) is 11.4 Å². The Bertz CT molecular complexity index is 555. The van der Waals surface area contributed by atoms with Crippen LogP contribution in [-0.4, -0.2) is 22.1 Å². The van der Waals surface area contributed by atoms with Gasteiger partial charge < -0.3 is 10.5 Å². The molecule has 5 nitrogen and oxygen atoms in total. The fourth-order valence-electron chi connectivity index (χ4n) is 1.82. The fraction of sp³-hybridized carbons (Fsp3) is 0.385. The summed E-state index contributed by atoms with van der Waals surface area (Å²) < 4.78 is 7.85. The van der Waals surface area contributed by atoms with Crippen molar-refractivity contribution in [3.63, 3.8) is 0 Å². The summed E-state index contributed by atoms with van der Waals surface area (Å²) in [6.45, 7) is 2.10. The summed E-state index contributed by atoms with van der Waals surface area (Å²) in [6.07, 6.45) is 3.79. The second-order valence-electron chi connectivity index (χ2n) is 4.30. The van der Waals surface area contributed by atoms with Crippen molar-refractivity contribution in [1.29, 1.82) is 0 Å². The lowest BCUT2D eigenvalue weighted by molar-refractivity contribution is 0.414. The van der Waals surface area contributed by atoms with E-state index in [-0.39, 0.29) is 6.04 Å². The molecule has 102 valence electrons. The first-order valence-corrected chi connectivity index (χ1v) is 6.96. The van der Waals surface area contributed by atoms with Crippen LogP contribution in [0.2, 0.25) is 0 Å². The van der Waals surface area contributed by atoms with Crippen LogP contribution in [0.15, 0.2) is 28.9 Å². The molecule has 0 saturated heterocycles. The molecule has 0 amide bonds. The average molecular weight is 325 g/mol. The second-order valence-corrected chi connectivity index (χ2v) is 5.15. The Morgan fingerprint density at radius 3 is 2.95 bits per heavy atom. The molecule has 6 heteroatoms. The van der Waals surface area contributed by atoms with E-state index in [1.807, 2.05) is 24.4 Å². The number of ether oxygens (including phenoxy) is 1. The molecule has 1 heterocycles. The minimum absolute atomic E-state index is 0.0665. The highest BCUT2D eigenvalue weighted by Crippen LogP contribution is 2.26. The van der Waals surface area contributed by atoms with Gasteiger partial charge in [-0.15, -0.1) is 5.10 Å². The third-order valence-corrected chi connectivity index (χ3v) is 3.56. The highest BCUT2D eigenvalue weighted by molar-refractivity contribution is 9.10. The molecule has 19 heavy (non-hydrogen) atoms. The SMILES string of the molecule is CCCC(N)c1cn(-c2cc(OC)ccc2Br)nn1. The van der Waals surface area contributed by atoms with Crippen LogP contribution in [0.3, 0.4) is 0 Å². The Morgan fingerprint density at radius 2 is 2.26 bits per heavy atom. The van der Waals surface area contributed by atoms with E-state index in [9.17, 15) is 0 Å². The highest BCUT2D eigenvalue weighted by Gasteiger charge is 2.12. The van der Waals surface area contributed by atoms with Crippen molar-refractivity contribution in [1.82, 2.24) is 15.0 Å². The molecule has 0 bridgehead atoms. The lowest BCUT2D eigenvalue weighted by atomic mass is 10.1. The number of hydrogen-bond donors (Lipinski definition) is 1. The monoisotopic (exact) mass is 324 g/mol. The molecular weight excluding hydrogens is 308 g/mol. The summed E-state index contributed by atoms with van der Waals surface area (Å²) >= 11 is 3.50. The topological polar surface area (TPSA) is 66.0 Å². The molecule has 2 rings (SSSR count). The van der Waals surface area contributed by atoms with Gasteiger partial charge in [0.05, 0.1) is 30.7 Å². The molecule has 1 aromatic carbocycles. The van der Waals surface area contributed by atoms with E-state index in [4.69, 9.17) is 10.5 Å². The second kappa shape index (κ2) is 6.16. The van der Waals surface area contributed by atoms with Crippen LogP contribution >= 0.6 is 15.9 Å². The third kappa shape index (κ3) is 3.13. The van der Waals surface area contributed by atoms with E-state index in [1.54, 1.807) is 11.8 Å². The van der Waals surface area contributed by atoms with E-state index in [2.05, 4.69) is 33.2 Å². The molecule has 1 atom stereocenters. The summed E-state index contributed by atoms with van der Waals surface area (Å²) in [7, 11) is 1.64. The number of benzene rings is 1. The maximum atomic E-state index is 6.04. The van der Waals surface area contributed by atoms with Crippen LogP contribution < -0.4 is 10.5 Å². The molecule has 2 N–H and O–H groups in total. The van der Waals surface area contributed by atoms with Crippen LogP contribution in [0.4, 0.5) is 0 Å². The quantitative estimate of drug-likeness (QED) is 0.918.